The van der Waals surface area contributed by atoms with Crippen LogP contribution in [0, 0.1) is 5.92 Å². The van der Waals surface area contributed by atoms with Crippen LogP contribution in [0.5, 0.6) is 0 Å². The molecular weight excluding hydrogens is 294 g/mol. The number of hydrogen-bond donors (Lipinski definition) is 1. The minimum atomic E-state index is -0.182. The summed E-state index contributed by atoms with van der Waals surface area (Å²) in [6.45, 7) is 5.96. The van der Waals surface area contributed by atoms with E-state index in [4.69, 9.17) is 4.74 Å². The zero-order chi connectivity index (χ0) is 13.7. The van der Waals surface area contributed by atoms with E-state index in [2.05, 4.69) is 40.3 Å². The van der Waals surface area contributed by atoms with E-state index in [0.717, 1.165) is 4.47 Å². The van der Waals surface area contributed by atoms with Gasteiger partial charge in [0.1, 0.15) is 0 Å². The molecule has 1 aromatic carbocycles. The van der Waals surface area contributed by atoms with E-state index in [1.165, 1.54) is 12.7 Å². The Labute approximate surface area is 117 Å². The summed E-state index contributed by atoms with van der Waals surface area (Å²) in [5.41, 5.74) is 1.20. The molecule has 100 valence electrons. The van der Waals surface area contributed by atoms with Crippen LogP contribution >= 0.6 is 15.9 Å². The maximum absolute atomic E-state index is 11.4. The van der Waals surface area contributed by atoms with Crippen molar-refractivity contribution >= 4 is 21.9 Å². The average Bonchev–Trinajstić information content (AvgIpc) is 2.37. The summed E-state index contributed by atoms with van der Waals surface area (Å²) < 4.78 is 5.82. The fourth-order valence-corrected chi connectivity index (χ4v) is 2.04. The van der Waals surface area contributed by atoms with Crippen molar-refractivity contribution < 1.29 is 9.53 Å². The van der Waals surface area contributed by atoms with Crippen molar-refractivity contribution in [1.29, 1.82) is 0 Å². The lowest BCUT2D eigenvalue weighted by molar-refractivity contribution is -0.145. The van der Waals surface area contributed by atoms with E-state index in [0.29, 0.717) is 0 Å². The van der Waals surface area contributed by atoms with Gasteiger partial charge >= 0.3 is 5.97 Å². The van der Waals surface area contributed by atoms with Crippen LogP contribution < -0.4 is 5.32 Å². The molecule has 0 heterocycles. The highest BCUT2D eigenvalue weighted by atomic mass is 79.9. The molecule has 18 heavy (non-hydrogen) atoms. The van der Waals surface area contributed by atoms with Crippen molar-refractivity contribution in [3.63, 3.8) is 0 Å². The molecule has 0 fully saturated rings. The Morgan fingerprint density at radius 2 is 1.78 bits per heavy atom. The highest BCUT2D eigenvalue weighted by Gasteiger charge is 2.22. The fraction of sp³-hybridized carbons (Fsp3) is 0.500. The van der Waals surface area contributed by atoms with Gasteiger partial charge in [0.15, 0.2) is 0 Å². The molecule has 1 aromatic rings. The molecule has 0 saturated heterocycles. The summed E-state index contributed by atoms with van der Waals surface area (Å²) in [4.78, 5) is 11.4. The van der Waals surface area contributed by atoms with E-state index >= 15 is 0 Å². The molecule has 0 aliphatic carbocycles. The first kappa shape index (κ1) is 15.2. The van der Waals surface area contributed by atoms with Crippen LogP contribution in [0.25, 0.3) is 0 Å². The first-order valence-electron chi connectivity index (χ1n) is 6.05. The van der Waals surface area contributed by atoms with Crippen LogP contribution in [0.3, 0.4) is 0 Å². The topological polar surface area (TPSA) is 38.3 Å². The molecule has 0 aromatic heterocycles. The van der Waals surface area contributed by atoms with E-state index in [1.54, 1.807) is 0 Å². The van der Waals surface area contributed by atoms with Gasteiger partial charge in [-0.15, -0.1) is 0 Å². The van der Waals surface area contributed by atoms with Gasteiger partial charge in [0.05, 0.1) is 13.0 Å². The van der Waals surface area contributed by atoms with Gasteiger partial charge in [-0.25, -0.2) is 0 Å². The Hall–Kier alpha value is -0.870. The van der Waals surface area contributed by atoms with E-state index in [1.807, 2.05) is 26.0 Å². The molecule has 3 nitrogen and oxygen atoms in total. The molecule has 0 amide bonds. The van der Waals surface area contributed by atoms with Crippen molar-refractivity contribution in [1.82, 2.24) is 5.32 Å². The van der Waals surface area contributed by atoms with Gasteiger partial charge in [-0.2, -0.15) is 0 Å². The number of esters is 1. The highest BCUT2D eigenvalue weighted by molar-refractivity contribution is 9.10. The van der Waals surface area contributed by atoms with Crippen LogP contribution in [0.15, 0.2) is 28.7 Å². The standard InChI is InChI=1S/C14H20BrNO2/c1-9(14(17)18-4)10(2)16-11(3)12-5-7-13(15)8-6-12/h5-11,16H,1-4H3. The lowest BCUT2D eigenvalue weighted by Gasteiger charge is -2.24. The maximum atomic E-state index is 11.4. The second-order valence-corrected chi connectivity index (χ2v) is 5.46. The predicted molar refractivity (Wildman–Crippen MR) is 76.3 cm³/mol. The summed E-state index contributed by atoms with van der Waals surface area (Å²) in [6, 6.07) is 8.43. The molecule has 1 N–H and O–H groups in total. The lowest BCUT2D eigenvalue weighted by atomic mass is 10.0. The summed E-state index contributed by atoms with van der Waals surface area (Å²) in [5.74, 6) is -0.342. The Morgan fingerprint density at radius 3 is 2.28 bits per heavy atom. The molecule has 0 radical (unpaired) electrons. The second-order valence-electron chi connectivity index (χ2n) is 4.54. The molecule has 0 aliphatic rings. The monoisotopic (exact) mass is 313 g/mol. The fourth-order valence-electron chi connectivity index (χ4n) is 1.78. The molecular formula is C14H20BrNO2. The summed E-state index contributed by atoms with van der Waals surface area (Å²) in [7, 11) is 1.42. The molecule has 1 rings (SSSR count). The maximum Gasteiger partial charge on any atom is 0.309 e. The molecule has 0 saturated carbocycles. The third-order valence-electron chi connectivity index (χ3n) is 3.21. The quantitative estimate of drug-likeness (QED) is 0.848. The second kappa shape index (κ2) is 6.90. The zero-order valence-electron chi connectivity index (χ0n) is 11.2. The SMILES string of the molecule is COC(=O)C(C)C(C)NC(C)c1ccc(Br)cc1. The highest BCUT2D eigenvalue weighted by Crippen LogP contribution is 2.18. The van der Waals surface area contributed by atoms with Crippen LogP contribution in [0.1, 0.15) is 32.4 Å². The number of hydrogen-bond acceptors (Lipinski definition) is 3. The smallest absolute Gasteiger partial charge is 0.309 e. The van der Waals surface area contributed by atoms with Crippen LogP contribution in [0.2, 0.25) is 0 Å². The number of nitrogens with one attached hydrogen (secondary N) is 1. The number of benzene rings is 1. The molecule has 0 bridgehead atoms. The first-order chi connectivity index (χ1) is 8.45. The van der Waals surface area contributed by atoms with Gasteiger partial charge in [0.2, 0.25) is 0 Å². The zero-order valence-corrected chi connectivity index (χ0v) is 12.8. The molecule has 0 spiro atoms. The lowest BCUT2D eigenvalue weighted by Crippen LogP contribution is -2.38. The van der Waals surface area contributed by atoms with Crippen molar-refractivity contribution in [3.05, 3.63) is 34.3 Å². The van der Waals surface area contributed by atoms with Gasteiger partial charge in [-0.3, -0.25) is 4.79 Å². The van der Waals surface area contributed by atoms with Gasteiger partial charge in [-0.05, 0) is 31.5 Å². The number of rotatable bonds is 5. The van der Waals surface area contributed by atoms with Crippen LogP contribution in [0.4, 0.5) is 0 Å². The van der Waals surface area contributed by atoms with E-state index in [-0.39, 0.29) is 24.0 Å². The Morgan fingerprint density at radius 1 is 1.22 bits per heavy atom. The van der Waals surface area contributed by atoms with Crippen LogP contribution in [-0.2, 0) is 9.53 Å². The summed E-state index contributed by atoms with van der Waals surface area (Å²) >= 11 is 3.42. The number of halogens is 1. The number of methoxy groups -OCH3 is 1. The molecule has 3 unspecified atom stereocenters. The Bertz CT molecular complexity index is 391. The normalized spacial score (nSPS) is 15.8. The average molecular weight is 314 g/mol. The Balaban J connectivity index is 2.61. The number of carbonyl (C=O) groups is 1. The predicted octanol–water partition coefficient (Wildman–Crippen LogP) is 3.30. The minimum absolute atomic E-state index is 0.0658. The van der Waals surface area contributed by atoms with Gasteiger partial charge in [0, 0.05) is 16.6 Å². The molecule has 3 atom stereocenters. The van der Waals surface area contributed by atoms with Crippen molar-refractivity contribution in [2.24, 2.45) is 5.92 Å². The molecule has 4 heteroatoms. The summed E-state index contributed by atoms with van der Waals surface area (Å²) in [6.07, 6.45) is 0. The van der Waals surface area contributed by atoms with Gasteiger partial charge < -0.3 is 10.1 Å². The van der Waals surface area contributed by atoms with Gasteiger partial charge in [0.25, 0.3) is 0 Å². The largest absolute Gasteiger partial charge is 0.469 e. The van der Waals surface area contributed by atoms with Crippen molar-refractivity contribution in [2.45, 2.75) is 32.9 Å². The van der Waals surface area contributed by atoms with Crippen molar-refractivity contribution in [3.8, 4) is 0 Å². The van der Waals surface area contributed by atoms with Crippen molar-refractivity contribution in [2.75, 3.05) is 7.11 Å². The van der Waals surface area contributed by atoms with Crippen LogP contribution in [-0.4, -0.2) is 19.1 Å². The number of ether oxygens (including phenoxy) is 1. The minimum Gasteiger partial charge on any atom is -0.469 e. The third-order valence-corrected chi connectivity index (χ3v) is 3.73. The Kier molecular flexibility index (Phi) is 5.82. The van der Waals surface area contributed by atoms with E-state index in [9.17, 15) is 4.79 Å². The summed E-state index contributed by atoms with van der Waals surface area (Å²) in [5, 5.41) is 3.41. The van der Waals surface area contributed by atoms with E-state index < -0.39 is 0 Å². The number of carbonyl (C=O) groups excluding carboxylic acids is 1. The molecule has 0 aliphatic heterocycles. The third kappa shape index (κ3) is 4.10. The van der Waals surface area contributed by atoms with Gasteiger partial charge in [-0.1, -0.05) is 35.0 Å². The first-order valence-corrected chi connectivity index (χ1v) is 6.84.